The fourth-order valence-corrected chi connectivity index (χ4v) is 12.0. The highest BCUT2D eigenvalue weighted by atomic mass is 15.0. The maximum absolute atomic E-state index is 3.89. The van der Waals surface area contributed by atoms with Crippen molar-refractivity contribution < 1.29 is 0 Å². The van der Waals surface area contributed by atoms with E-state index in [0.29, 0.717) is 11.6 Å². The minimum atomic E-state index is 0.572. The molecular formula is C43H83N. The van der Waals surface area contributed by atoms with Crippen LogP contribution in [0.15, 0.2) is 0 Å². The Balaban J connectivity index is 0.000000170. The van der Waals surface area contributed by atoms with Crippen LogP contribution < -0.4 is 5.32 Å². The second kappa shape index (κ2) is 17.4. The van der Waals surface area contributed by atoms with Crippen molar-refractivity contribution in [3.8, 4) is 0 Å². The molecule has 44 heavy (non-hydrogen) atoms. The van der Waals surface area contributed by atoms with E-state index >= 15 is 0 Å². The van der Waals surface area contributed by atoms with Gasteiger partial charge in [0, 0.05) is 11.6 Å². The third kappa shape index (κ3) is 12.5. The monoisotopic (exact) mass is 614 g/mol. The van der Waals surface area contributed by atoms with E-state index in [4.69, 9.17) is 0 Å². The van der Waals surface area contributed by atoms with Gasteiger partial charge in [0.15, 0.2) is 0 Å². The molecule has 8 aliphatic rings. The summed E-state index contributed by atoms with van der Waals surface area (Å²) in [6.45, 7) is 27.6. The Morgan fingerprint density at radius 3 is 1.11 bits per heavy atom. The minimum Gasteiger partial charge on any atom is -0.309 e. The fourth-order valence-electron chi connectivity index (χ4n) is 12.0. The summed E-state index contributed by atoms with van der Waals surface area (Å²) in [6, 6.07) is 0.672. The third-order valence-corrected chi connectivity index (χ3v) is 12.6. The molecule has 0 radical (unpaired) electrons. The summed E-state index contributed by atoms with van der Waals surface area (Å²) in [7, 11) is 0. The first-order valence-corrected chi connectivity index (χ1v) is 20.4. The lowest BCUT2D eigenvalue weighted by Gasteiger charge is -2.57. The Morgan fingerprint density at radius 2 is 0.864 bits per heavy atom. The summed E-state index contributed by atoms with van der Waals surface area (Å²) in [5.74, 6) is 11.1. The molecule has 8 fully saturated rings. The van der Waals surface area contributed by atoms with Gasteiger partial charge in [-0.2, -0.15) is 0 Å². The average molecular weight is 614 g/mol. The first-order chi connectivity index (χ1) is 20.6. The van der Waals surface area contributed by atoms with Gasteiger partial charge in [-0.1, -0.05) is 95.9 Å². The highest BCUT2D eigenvalue weighted by molar-refractivity contribution is 5.06. The molecule has 0 saturated heterocycles. The van der Waals surface area contributed by atoms with Crippen LogP contribution in [0.1, 0.15) is 192 Å². The lowest BCUT2D eigenvalue weighted by molar-refractivity contribution is -0.0595. The van der Waals surface area contributed by atoms with E-state index in [-0.39, 0.29) is 0 Å². The Hall–Kier alpha value is -0.0400. The predicted octanol–water partition coefficient (Wildman–Crippen LogP) is 13.4. The lowest BCUT2D eigenvalue weighted by Crippen LogP contribution is -2.59. The zero-order valence-corrected chi connectivity index (χ0v) is 32.4. The van der Waals surface area contributed by atoms with Crippen LogP contribution in [-0.4, -0.2) is 11.6 Å². The molecule has 1 atom stereocenters. The van der Waals surface area contributed by atoms with E-state index in [1.807, 2.05) is 0 Å². The van der Waals surface area contributed by atoms with Crippen LogP contribution in [0.25, 0.3) is 0 Å². The molecule has 0 aromatic heterocycles. The molecule has 8 saturated carbocycles. The van der Waals surface area contributed by atoms with E-state index in [1.165, 1.54) is 44.9 Å². The van der Waals surface area contributed by atoms with Gasteiger partial charge in [0.05, 0.1) is 0 Å². The zero-order chi connectivity index (χ0) is 32.7. The number of nitrogens with one attached hydrogen (secondary N) is 1. The minimum absolute atomic E-state index is 0.572. The van der Waals surface area contributed by atoms with Crippen molar-refractivity contribution in [3.63, 3.8) is 0 Å². The molecule has 0 amide bonds. The molecule has 0 aromatic rings. The fraction of sp³-hybridized carbons (Fsp3) is 1.00. The largest absolute Gasteiger partial charge is 0.309 e. The SMILES string of the molecule is CC(C)CC(C)C.CC(C)CCC12CC3CC(CC(C3)C1)C2.CC(C)NC12CC3CC(CC(C3)C1)C2.CCC(C)CC(C)C. The molecule has 0 aromatic carbocycles. The zero-order valence-electron chi connectivity index (χ0n) is 32.4. The van der Waals surface area contributed by atoms with Crippen molar-refractivity contribution in [1.29, 1.82) is 0 Å². The van der Waals surface area contributed by atoms with Crippen LogP contribution in [0.2, 0.25) is 0 Å². The summed E-state index contributed by atoms with van der Waals surface area (Å²) in [5.41, 5.74) is 1.40. The molecular weight excluding hydrogens is 530 g/mol. The highest BCUT2D eigenvalue weighted by Gasteiger charge is 2.51. The van der Waals surface area contributed by atoms with Crippen molar-refractivity contribution in [3.05, 3.63) is 0 Å². The Morgan fingerprint density at radius 1 is 0.500 bits per heavy atom. The molecule has 0 heterocycles. The maximum atomic E-state index is 3.89. The second-order valence-electron chi connectivity index (χ2n) is 20.0. The molecule has 0 aliphatic heterocycles. The van der Waals surface area contributed by atoms with Crippen LogP contribution in [0.4, 0.5) is 0 Å². The van der Waals surface area contributed by atoms with Crippen LogP contribution in [0, 0.1) is 70.5 Å². The van der Waals surface area contributed by atoms with E-state index < -0.39 is 0 Å². The van der Waals surface area contributed by atoms with Gasteiger partial charge >= 0.3 is 0 Å². The standard InChI is InChI=1S/C15H26.C13H23N.C8H18.C7H16/c1-11(2)3-4-15-8-12-5-13(9-15)7-14(6-12)10-15;1-9(2)14-13-6-10-3-11(7-13)5-12(4-10)8-13;1-5-8(4)6-7(2)3;1-6(2)5-7(3)4/h11-14H,3-10H2,1-2H3;9-12,14H,3-8H2,1-2H3;7-8H,5-6H2,1-4H3;6-7H,5H2,1-4H3. The average Bonchev–Trinajstić information content (AvgIpc) is 2.85. The Labute approximate surface area is 279 Å². The number of hydrogen-bond acceptors (Lipinski definition) is 1. The molecule has 1 unspecified atom stereocenters. The van der Waals surface area contributed by atoms with Gasteiger partial charge in [0.1, 0.15) is 0 Å². The van der Waals surface area contributed by atoms with Crippen LogP contribution >= 0.6 is 0 Å². The summed E-state index contributed by atoms with van der Waals surface area (Å²) >= 11 is 0. The van der Waals surface area contributed by atoms with E-state index in [9.17, 15) is 0 Å². The summed E-state index contributed by atoms with van der Waals surface area (Å²) in [6.07, 6.45) is 25.8. The maximum Gasteiger partial charge on any atom is 0.0191 e. The van der Waals surface area contributed by atoms with Gasteiger partial charge in [-0.25, -0.2) is 0 Å². The van der Waals surface area contributed by atoms with Gasteiger partial charge in [0.2, 0.25) is 0 Å². The first-order valence-electron chi connectivity index (χ1n) is 20.4. The third-order valence-electron chi connectivity index (χ3n) is 12.6. The van der Waals surface area contributed by atoms with E-state index in [2.05, 4.69) is 88.4 Å². The quantitative estimate of drug-likeness (QED) is 0.258. The van der Waals surface area contributed by atoms with Crippen molar-refractivity contribution in [2.45, 2.75) is 204 Å². The van der Waals surface area contributed by atoms with Crippen molar-refractivity contribution in [2.24, 2.45) is 70.5 Å². The predicted molar refractivity (Wildman–Crippen MR) is 197 cm³/mol. The van der Waals surface area contributed by atoms with Gasteiger partial charge in [0.25, 0.3) is 0 Å². The molecule has 260 valence electrons. The number of rotatable bonds is 10. The molecule has 0 spiro atoms. The molecule has 1 heteroatoms. The summed E-state index contributed by atoms with van der Waals surface area (Å²) in [4.78, 5) is 0. The van der Waals surface area contributed by atoms with E-state index in [1.54, 1.807) is 64.2 Å². The number of hydrogen-bond donors (Lipinski definition) is 1. The van der Waals surface area contributed by atoms with Gasteiger partial charge in [-0.05, 0) is 167 Å². The normalized spacial score (nSPS) is 36.8. The second-order valence-corrected chi connectivity index (χ2v) is 20.0. The molecule has 1 N–H and O–H groups in total. The van der Waals surface area contributed by atoms with Gasteiger partial charge in [-0.3, -0.25) is 0 Å². The van der Waals surface area contributed by atoms with Crippen LogP contribution in [0.3, 0.4) is 0 Å². The first kappa shape index (κ1) is 38.4. The van der Waals surface area contributed by atoms with E-state index in [0.717, 1.165) is 70.5 Å². The highest BCUT2D eigenvalue weighted by Crippen LogP contribution is 2.62. The molecule has 8 bridgehead atoms. The van der Waals surface area contributed by atoms with Crippen molar-refractivity contribution in [2.75, 3.05) is 0 Å². The van der Waals surface area contributed by atoms with Gasteiger partial charge < -0.3 is 5.32 Å². The van der Waals surface area contributed by atoms with Gasteiger partial charge in [-0.15, -0.1) is 0 Å². The van der Waals surface area contributed by atoms with Crippen LogP contribution in [-0.2, 0) is 0 Å². The molecule has 1 nitrogen and oxygen atoms in total. The smallest absolute Gasteiger partial charge is 0.0191 e. The topological polar surface area (TPSA) is 12.0 Å². The molecule has 8 aliphatic carbocycles. The Kier molecular flexibility index (Phi) is 15.2. The Bertz CT molecular complexity index is 704. The summed E-state index contributed by atoms with van der Waals surface area (Å²) in [5, 5.41) is 3.89. The van der Waals surface area contributed by atoms with Crippen molar-refractivity contribution >= 4 is 0 Å². The van der Waals surface area contributed by atoms with Crippen LogP contribution in [0.5, 0.6) is 0 Å². The molecule has 8 rings (SSSR count). The lowest BCUT2D eigenvalue weighted by atomic mass is 9.48. The van der Waals surface area contributed by atoms with Crippen molar-refractivity contribution in [1.82, 2.24) is 5.32 Å². The summed E-state index contributed by atoms with van der Waals surface area (Å²) < 4.78 is 0.